The van der Waals surface area contributed by atoms with E-state index in [-0.39, 0.29) is 23.8 Å². The van der Waals surface area contributed by atoms with Crippen molar-refractivity contribution in [3.8, 4) is 0 Å². The number of primary amides is 1. The summed E-state index contributed by atoms with van der Waals surface area (Å²) in [6.45, 7) is 3.26. The first-order valence-electron chi connectivity index (χ1n) is 7.56. The number of carbonyl (C=O) groups is 2. The molecule has 2 rings (SSSR count). The van der Waals surface area contributed by atoms with Crippen LogP contribution in [0, 0.1) is 0 Å². The summed E-state index contributed by atoms with van der Waals surface area (Å²) in [6, 6.07) is 9.29. The summed E-state index contributed by atoms with van der Waals surface area (Å²) < 4.78 is 11.7. The fraction of sp³-hybridized carbons (Fsp3) is 0.167. The molecule has 0 aliphatic rings. The number of anilines is 1. The molecule has 1 aromatic heterocycles. The van der Waals surface area contributed by atoms with E-state index in [0.717, 1.165) is 5.56 Å². The lowest BCUT2D eigenvalue weighted by Gasteiger charge is -2.04. The molecule has 1 aromatic carbocycles. The number of rotatable bonds is 5. The lowest BCUT2D eigenvalue weighted by molar-refractivity contribution is -0.115. The van der Waals surface area contributed by atoms with Gasteiger partial charge in [0.2, 0.25) is 5.91 Å². The molecule has 2 aromatic rings. The number of hydrogen-bond donors (Lipinski definition) is 3. The second kappa shape index (κ2) is 10.5. The lowest BCUT2D eigenvalue weighted by Crippen LogP contribution is -2.18. The molecule has 0 atom stereocenters. The number of nitrogens with one attached hydrogen (secondary N) is 2. The molecule has 132 valence electrons. The van der Waals surface area contributed by atoms with E-state index in [1.807, 2.05) is 37.3 Å². The zero-order valence-corrected chi connectivity index (χ0v) is 14.1. The van der Waals surface area contributed by atoms with E-state index in [2.05, 4.69) is 15.5 Å². The minimum absolute atomic E-state index is 0.0939. The van der Waals surface area contributed by atoms with Crippen LogP contribution in [0.4, 0.5) is 10.1 Å². The maximum absolute atomic E-state index is 11.7. The van der Waals surface area contributed by atoms with Gasteiger partial charge in [-0.2, -0.15) is 5.10 Å². The van der Waals surface area contributed by atoms with Crippen molar-refractivity contribution >= 4 is 17.5 Å². The van der Waals surface area contributed by atoms with Crippen LogP contribution >= 0.6 is 0 Å². The molecule has 0 aliphatic carbocycles. The largest absolute Gasteiger partial charge is 0.364 e. The fourth-order valence-corrected chi connectivity index (χ4v) is 1.77. The highest BCUT2D eigenvalue weighted by molar-refractivity contribution is 6.01. The van der Waals surface area contributed by atoms with Crippen molar-refractivity contribution in [3.05, 3.63) is 71.8 Å². The SMILES string of the molecule is C/C=C\C=C(/C)F.NC(=O)c1[nH]ncc1NC(=O)Cc1ccccc1. The van der Waals surface area contributed by atoms with Gasteiger partial charge in [-0.1, -0.05) is 42.5 Å². The third-order valence-corrected chi connectivity index (χ3v) is 2.89. The van der Waals surface area contributed by atoms with Crippen LogP contribution in [0.2, 0.25) is 0 Å². The van der Waals surface area contributed by atoms with Crippen molar-refractivity contribution in [1.82, 2.24) is 10.2 Å². The van der Waals surface area contributed by atoms with Crippen LogP contribution < -0.4 is 11.1 Å². The predicted octanol–water partition coefficient (Wildman–Crippen LogP) is 3.13. The molecule has 25 heavy (non-hydrogen) atoms. The molecule has 0 unspecified atom stereocenters. The highest BCUT2D eigenvalue weighted by Gasteiger charge is 2.13. The number of nitrogens with two attached hydrogens (primary N) is 1. The van der Waals surface area contributed by atoms with Crippen molar-refractivity contribution < 1.29 is 14.0 Å². The number of aromatic amines is 1. The Bertz CT molecular complexity index is 747. The van der Waals surface area contributed by atoms with Crippen molar-refractivity contribution in [2.75, 3.05) is 5.32 Å². The first-order chi connectivity index (χ1) is 11.9. The highest BCUT2D eigenvalue weighted by atomic mass is 19.1. The Morgan fingerprint density at radius 1 is 1.32 bits per heavy atom. The number of nitrogens with zero attached hydrogens (tertiary/aromatic N) is 1. The molecule has 2 amide bonds. The van der Waals surface area contributed by atoms with Crippen LogP contribution in [-0.2, 0) is 11.2 Å². The lowest BCUT2D eigenvalue weighted by atomic mass is 10.1. The van der Waals surface area contributed by atoms with Crippen molar-refractivity contribution in [2.45, 2.75) is 20.3 Å². The van der Waals surface area contributed by atoms with Crippen LogP contribution in [0.1, 0.15) is 29.9 Å². The second-order valence-corrected chi connectivity index (χ2v) is 5.01. The number of aromatic nitrogens is 2. The molecule has 0 saturated heterocycles. The van der Waals surface area contributed by atoms with Gasteiger partial charge in [0.15, 0.2) is 0 Å². The Kier molecular flexibility index (Phi) is 8.35. The number of amides is 2. The molecule has 0 radical (unpaired) electrons. The van der Waals surface area contributed by atoms with Gasteiger partial charge in [-0.25, -0.2) is 4.39 Å². The quantitative estimate of drug-likeness (QED) is 0.726. The molecule has 1 heterocycles. The first kappa shape index (κ1) is 19.8. The number of hydrogen-bond acceptors (Lipinski definition) is 3. The zero-order valence-electron chi connectivity index (χ0n) is 14.1. The number of benzene rings is 1. The van der Waals surface area contributed by atoms with E-state index in [9.17, 15) is 14.0 Å². The van der Waals surface area contributed by atoms with Gasteiger partial charge in [0.1, 0.15) is 5.69 Å². The van der Waals surface area contributed by atoms with Gasteiger partial charge in [0.05, 0.1) is 24.1 Å². The van der Waals surface area contributed by atoms with E-state index in [4.69, 9.17) is 5.73 Å². The van der Waals surface area contributed by atoms with Crippen LogP contribution in [0.25, 0.3) is 0 Å². The molecule has 0 spiro atoms. The Morgan fingerprint density at radius 2 is 2.00 bits per heavy atom. The molecule has 7 heteroatoms. The molecular weight excluding hydrogens is 323 g/mol. The van der Waals surface area contributed by atoms with E-state index in [1.165, 1.54) is 19.2 Å². The topological polar surface area (TPSA) is 101 Å². The Labute approximate surface area is 145 Å². The average Bonchev–Trinajstić information content (AvgIpc) is 3.02. The average molecular weight is 344 g/mol. The summed E-state index contributed by atoms with van der Waals surface area (Å²) in [5.74, 6) is -1.05. The van der Waals surface area contributed by atoms with E-state index >= 15 is 0 Å². The number of allylic oxidation sites excluding steroid dienone is 4. The van der Waals surface area contributed by atoms with Gasteiger partial charge < -0.3 is 11.1 Å². The zero-order chi connectivity index (χ0) is 18.7. The summed E-state index contributed by atoms with van der Waals surface area (Å²) >= 11 is 0. The van der Waals surface area contributed by atoms with Crippen molar-refractivity contribution in [1.29, 1.82) is 0 Å². The summed E-state index contributed by atoms with van der Waals surface area (Å²) in [5, 5.41) is 8.68. The summed E-state index contributed by atoms with van der Waals surface area (Å²) in [5.41, 5.74) is 6.40. The molecule has 0 aliphatic heterocycles. The molecular formula is C18H21FN4O2. The summed E-state index contributed by atoms with van der Waals surface area (Å²) in [6.07, 6.45) is 6.44. The van der Waals surface area contributed by atoms with E-state index in [1.54, 1.807) is 12.2 Å². The smallest absolute Gasteiger partial charge is 0.268 e. The van der Waals surface area contributed by atoms with Crippen LogP contribution in [-0.4, -0.2) is 22.0 Å². The van der Waals surface area contributed by atoms with Gasteiger partial charge in [0, 0.05) is 0 Å². The Hall–Kier alpha value is -3.22. The van der Waals surface area contributed by atoms with Crippen molar-refractivity contribution in [3.63, 3.8) is 0 Å². The Morgan fingerprint density at radius 3 is 2.52 bits per heavy atom. The van der Waals surface area contributed by atoms with E-state index in [0.29, 0.717) is 5.69 Å². The summed E-state index contributed by atoms with van der Waals surface area (Å²) in [7, 11) is 0. The van der Waals surface area contributed by atoms with Crippen LogP contribution in [0.3, 0.4) is 0 Å². The highest BCUT2D eigenvalue weighted by Crippen LogP contribution is 2.11. The number of halogens is 1. The molecule has 0 bridgehead atoms. The standard InChI is InChI=1S/C12H12N4O2.C6H9F/c13-12(18)11-9(7-14-16-11)15-10(17)6-8-4-2-1-3-5-8;1-3-4-5-6(2)7/h1-5,7H,6H2,(H2,13,18)(H,14,16)(H,15,17);3-5H,1-2H3/b;4-3-,6-5+. The second-order valence-electron chi connectivity index (χ2n) is 5.01. The predicted molar refractivity (Wildman–Crippen MR) is 95.6 cm³/mol. The molecule has 6 nitrogen and oxygen atoms in total. The summed E-state index contributed by atoms with van der Waals surface area (Å²) in [4.78, 5) is 22.8. The van der Waals surface area contributed by atoms with Gasteiger partial charge in [-0.3, -0.25) is 14.7 Å². The van der Waals surface area contributed by atoms with Crippen LogP contribution in [0.5, 0.6) is 0 Å². The van der Waals surface area contributed by atoms with Crippen molar-refractivity contribution in [2.24, 2.45) is 5.73 Å². The maximum atomic E-state index is 11.7. The third-order valence-electron chi connectivity index (χ3n) is 2.89. The third kappa shape index (κ3) is 7.74. The molecule has 0 saturated carbocycles. The van der Waals surface area contributed by atoms with Gasteiger partial charge >= 0.3 is 0 Å². The maximum Gasteiger partial charge on any atom is 0.268 e. The normalized spacial score (nSPS) is 10.9. The number of H-pyrrole nitrogens is 1. The fourth-order valence-electron chi connectivity index (χ4n) is 1.77. The first-order valence-corrected chi connectivity index (χ1v) is 7.56. The van der Waals surface area contributed by atoms with E-state index < -0.39 is 5.91 Å². The van der Waals surface area contributed by atoms with Gasteiger partial charge in [0.25, 0.3) is 5.91 Å². The number of carbonyl (C=O) groups excluding carboxylic acids is 2. The Balaban J connectivity index is 0.000000381. The van der Waals surface area contributed by atoms with Crippen LogP contribution in [0.15, 0.2) is 60.6 Å². The molecule has 4 N–H and O–H groups in total. The van der Waals surface area contributed by atoms with Gasteiger partial charge in [-0.15, -0.1) is 0 Å². The monoisotopic (exact) mass is 344 g/mol. The minimum Gasteiger partial charge on any atom is -0.364 e. The minimum atomic E-state index is -0.664. The molecule has 0 fully saturated rings. The van der Waals surface area contributed by atoms with Gasteiger partial charge in [-0.05, 0) is 25.5 Å².